The molecule has 2 amide bonds. The quantitative estimate of drug-likeness (QED) is 0.687. The van der Waals surface area contributed by atoms with E-state index in [1.165, 1.54) is 0 Å². The van der Waals surface area contributed by atoms with Crippen LogP contribution < -0.4 is 4.74 Å². The van der Waals surface area contributed by atoms with Gasteiger partial charge in [-0.1, -0.05) is 6.07 Å². The summed E-state index contributed by atoms with van der Waals surface area (Å²) < 4.78 is 5.22. The molecule has 0 spiro atoms. The van der Waals surface area contributed by atoms with Gasteiger partial charge in [0.2, 0.25) is 11.8 Å². The van der Waals surface area contributed by atoms with Gasteiger partial charge >= 0.3 is 0 Å². The highest BCUT2D eigenvalue weighted by atomic mass is 32.2. The number of likely N-dealkylation sites (tertiary alicyclic amines) is 2. The molecule has 5 nitrogen and oxygen atoms in total. The first kappa shape index (κ1) is 19.1. The Kier molecular flexibility index (Phi) is 6.83. The second-order valence-electron chi connectivity index (χ2n) is 7.06. The molecule has 0 saturated carbocycles. The van der Waals surface area contributed by atoms with Crippen molar-refractivity contribution >= 4 is 23.6 Å². The third kappa shape index (κ3) is 5.16. The van der Waals surface area contributed by atoms with E-state index < -0.39 is 0 Å². The standard InChI is InChI=1S/C20H28N2O3S/c1-25-17-4-2-5-18(14-17)26-15-20(24)22-12-8-16(9-13-22)7-11-21-10-3-6-19(21)23/h2,4-5,14,16H,3,6-13,15H2,1H3. The number of thioether (sulfide) groups is 1. The molecule has 0 aromatic heterocycles. The first-order valence-electron chi connectivity index (χ1n) is 9.48. The van der Waals surface area contributed by atoms with E-state index in [0.717, 1.165) is 68.9 Å². The number of hydrogen-bond acceptors (Lipinski definition) is 4. The van der Waals surface area contributed by atoms with Crippen molar-refractivity contribution in [3.63, 3.8) is 0 Å². The highest BCUT2D eigenvalue weighted by Crippen LogP contribution is 2.25. The Morgan fingerprint density at radius 2 is 2.08 bits per heavy atom. The highest BCUT2D eigenvalue weighted by molar-refractivity contribution is 8.00. The van der Waals surface area contributed by atoms with Gasteiger partial charge in [-0.15, -0.1) is 11.8 Å². The lowest BCUT2D eigenvalue weighted by Gasteiger charge is -2.32. The number of ether oxygens (including phenoxy) is 1. The predicted octanol–water partition coefficient (Wildman–Crippen LogP) is 3.04. The zero-order valence-electron chi connectivity index (χ0n) is 15.5. The maximum absolute atomic E-state index is 12.5. The van der Waals surface area contributed by atoms with Crippen LogP contribution in [0, 0.1) is 5.92 Å². The third-order valence-electron chi connectivity index (χ3n) is 5.35. The van der Waals surface area contributed by atoms with Crippen LogP contribution in [0.4, 0.5) is 0 Å². The number of methoxy groups -OCH3 is 1. The molecule has 6 heteroatoms. The molecule has 0 aliphatic carbocycles. The van der Waals surface area contributed by atoms with Gasteiger partial charge in [0.1, 0.15) is 5.75 Å². The van der Waals surface area contributed by atoms with Crippen LogP contribution in [0.2, 0.25) is 0 Å². The minimum atomic E-state index is 0.214. The average Bonchev–Trinajstić information content (AvgIpc) is 3.10. The second kappa shape index (κ2) is 9.31. The SMILES string of the molecule is COc1cccc(SCC(=O)N2CCC(CCN3CCCC3=O)CC2)c1. The fraction of sp³-hybridized carbons (Fsp3) is 0.600. The summed E-state index contributed by atoms with van der Waals surface area (Å²) in [5.74, 6) is 2.46. The number of nitrogens with zero attached hydrogens (tertiary/aromatic N) is 2. The number of carbonyl (C=O) groups excluding carboxylic acids is 2. The van der Waals surface area contributed by atoms with Crippen LogP contribution in [0.3, 0.4) is 0 Å². The van der Waals surface area contributed by atoms with Gasteiger partial charge in [-0.25, -0.2) is 0 Å². The normalized spacial score (nSPS) is 18.4. The van der Waals surface area contributed by atoms with Gasteiger partial charge in [0, 0.05) is 37.5 Å². The molecule has 2 fully saturated rings. The van der Waals surface area contributed by atoms with Gasteiger partial charge < -0.3 is 14.5 Å². The van der Waals surface area contributed by atoms with E-state index >= 15 is 0 Å². The summed E-state index contributed by atoms with van der Waals surface area (Å²) in [5, 5.41) is 0. The van der Waals surface area contributed by atoms with Gasteiger partial charge in [0.15, 0.2) is 0 Å². The average molecular weight is 377 g/mol. The van der Waals surface area contributed by atoms with Crippen molar-refractivity contribution < 1.29 is 14.3 Å². The van der Waals surface area contributed by atoms with E-state index in [4.69, 9.17) is 4.74 Å². The highest BCUT2D eigenvalue weighted by Gasteiger charge is 2.25. The summed E-state index contributed by atoms with van der Waals surface area (Å²) in [6, 6.07) is 7.82. The number of carbonyl (C=O) groups is 2. The predicted molar refractivity (Wildman–Crippen MR) is 103 cm³/mol. The molecule has 0 atom stereocenters. The molecule has 0 radical (unpaired) electrons. The van der Waals surface area contributed by atoms with Crippen LogP contribution in [-0.2, 0) is 9.59 Å². The summed E-state index contributed by atoms with van der Waals surface area (Å²) in [5.41, 5.74) is 0. The van der Waals surface area contributed by atoms with Crippen LogP contribution in [0.5, 0.6) is 5.75 Å². The maximum Gasteiger partial charge on any atom is 0.232 e. The lowest BCUT2D eigenvalue weighted by Crippen LogP contribution is -2.40. The Morgan fingerprint density at radius 1 is 1.27 bits per heavy atom. The van der Waals surface area contributed by atoms with E-state index in [-0.39, 0.29) is 5.91 Å². The molecule has 3 rings (SSSR count). The van der Waals surface area contributed by atoms with Crippen LogP contribution in [0.1, 0.15) is 32.1 Å². The molecule has 2 aliphatic heterocycles. The van der Waals surface area contributed by atoms with Crippen LogP contribution in [0.25, 0.3) is 0 Å². The Labute approximate surface area is 160 Å². The number of rotatable bonds is 7. The van der Waals surface area contributed by atoms with Crippen molar-refractivity contribution in [2.45, 2.75) is 37.0 Å². The summed E-state index contributed by atoms with van der Waals surface area (Å²) in [6.07, 6.45) is 4.91. The molecule has 2 aliphatic rings. The molecule has 142 valence electrons. The van der Waals surface area contributed by atoms with Crippen molar-refractivity contribution in [3.05, 3.63) is 24.3 Å². The molecular formula is C20H28N2O3S. The number of piperidine rings is 1. The van der Waals surface area contributed by atoms with E-state index in [1.807, 2.05) is 34.1 Å². The maximum atomic E-state index is 12.5. The summed E-state index contributed by atoms with van der Waals surface area (Å²) in [7, 11) is 1.65. The molecule has 0 bridgehead atoms. The van der Waals surface area contributed by atoms with Crippen molar-refractivity contribution in [1.29, 1.82) is 0 Å². The number of benzene rings is 1. The molecule has 26 heavy (non-hydrogen) atoms. The van der Waals surface area contributed by atoms with Gasteiger partial charge in [-0.05, 0) is 49.8 Å². The smallest absolute Gasteiger partial charge is 0.232 e. The molecule has 2 heterocycles. The van der Waals surface area contributed by atoms with E-state index in [9.17, 15) is 9.59 Å². The Morgan fingerprint density at radius 3 is 2.77 bits per heavy atom. The third-order valence-corrected chi connectivity index (χ3v) is 6.33. The lowest BCUT2D eigenvalue weighted by molar-refractivity contribution is -0.129. The molecule has 1 aromatic carbocycles. The van der Waals surface area contributed by atoms with Crippen molar-refractivity contribution in [1.82, 2.24) is 9.80 Å². The van der Waals surface area contributed by atoms with Crippen molar-refractivity contribution in [2.75, 3.05) is 39.0 Å². The molecule has 0 unspecified atom stereocenters. The fourth-order valence-electron chi connectivity index (χ4n) is 3.68. The fourth-order valence-corrected chi connectivity index (χ4v) is 4.52. The number of hydrogen-bond donors (Lipinski definition) is 0. The van der Waals surface area contributed by atoms with Gasteiger partial charge in [0.05, 0.1) is 12.9 Å². The monoisotopic (exact) mass is 376 g/mol. The van der Waals surface area contributed by atoms with Gasteiger partial charge in [0.25, 0.3) is 0 Å². The Balaban J connectivity index is 1.37. The Hall–Kier alpha value is -1.69. The summed E-state index contributed by atoms with van der Waals surface area (Å²) in [4.78, 5) is 29.2. The van der Waals surface area contributed by atoms with E-state index in [0.29, 0.717) is 17.6 Å². The first-order valence-corrected chi connectivity index (χ1v) is 10.5. The van der Waals surface area contributed by atoms with Gasteiger partial charge in [-0.3, -0.25) is 9.59 Å². The zero-order chi connectivity index (χ0) is 18.4. The zero-order valence-corrected chi connectivity index (χ0v) is 16.3. The minimum Gasteiger partial charge on any atom is -0.497 e. The first-order chi connectivity index (χ1) is 12.7. The van der Waals surface area contributed by atoms with E-state index in [1.54, 1.807) is 18.9 Å². The molecule has 0 N–H and O–H groups in total. The number of amides is 2. The summed E-state index contributed by atoms with van der Waals surface area (Å²) in [6.45, 7) is 3.51. The molecular weight excluding hydrogens is 348 g/mol. The van der Waals surface area contributed by atoms with Gasteiger partial charge in [-0.2, -0.15) is 0 Å². The minimum absolute atomic E-state index is 0.214. The molecule has 1 aromatic rings. The van der Waals surface area contributed by atoms with E-state index in [2.05, 4.69) is 0 Å². The largest absolute Gasteiger partial charge is 0.497 e. The van der Waals surface area contributed by atoms with Crippen molar-refractivity contribution in [2.24, 2.45) is 5.92 Å². The van der Waals surface area contributed by atoms with Crippen LogP contribution in [-0.4, -0.2) is 60.7 Å². The molecule has 2 saturated heterocycles. The topological polar surface area (TPSA) is 49.9 Å². The van der Waals surface area contributed by atoms with Crippen LogP contribution >= 0.6 is 11.8 Å². The van der Waals surface area contributed by atoms with Crippen molar-refractivity contribution in [3.8, 4) is 5.75 Å². The summed E-state index contributed by atoms with van der Waals surface area (Å²) >= 11 is 1.56. The Bertz CT molecular complexity index is 629. The van der Waals surface area contributed by atoms with Crippen LogP contribution in [0.15, 0.2) is 29.2 Å². The second-order valence-corrected chi connectivity index (χ2v) is 8.11. The lowest BCUT2D eigenvalue weighted by atomic mass is 9.93.